The number of rotatable bonds is 6. The third-order valence-electron chi connectivity index (χ3n) is 4.54. The zero-order valence-corrected chi connectivity index (χ0v) is 14.9. The van der Waals surface area contributed by atoms with E-state index in [2.05, 4.69) is 27.7 Å². The monoisotopic (exact) mass is 386 g/mol. The molecule has 1 unspecified atom stereocenters. The van der Waals surface area contributed by atoms with Crippen molar-refractivity contribution in [2.75, 3.05) is 5.73 Å². The summed E-state index contributed by atoms with van der Waals surface area (Å²) < 4.78 is 35.4. The molecule has 1 atom stereocenters. The standard InChI is InChI=1S/C14H18N4O5S2/c1-8(10-7-24-13(15)17-10)9(2)16-11-12(19)18(23-25(20,21)22)14(11)5-3-4-6-14/h7,11,16H,1-6H2,(H2,15,17)(H,20,21,22). The van der Waals surface area contributed by atoms with Gasteiger partial charge >= 0.3 is 10.4 Å². The van der Waals surface area contributed by atoms with Gasteiger partial charge < -0.3 is 11.1 Å². The molecule has 1 amide bonds. The van der Waals surface area contributed by atoms with Crippen LogP contribution in [0.1, 0.15) is 31.4 Å². The number of nitrogens with two attached hydrogens (primary N) is 1. The van der Waals surface area contributed by atoms with E-state index in [4.69, 9.17) is 10.3 Å². The van der Waals surface area contributed by atoms with E-state index in [1.54, 1.807) is 5.38 Å². The number of carbonyl (C=O) groups is 1. The van der Waals surface area contributed by atoms with Crippen LogP contribution in [0.25, 0.3) is 5.57 Å². The molecular formula is C14H18N4O5S2. The van der Waals surface area contributed by atoms with Crippen molar-refractivity contribution < 1.29 is 22.0 Å². The van der Waals surface area contributed by atoms with E-state index in [1.807, 2.05) is 0 Å². The molecular weight excluding hydrogens is 368 g/mol. The van der Waals surface area contributed by atoms with Crippen LogP contribution >= 0.6 is 11.3 Å². The van der Waals surface area contributed by atoms with E-state index in [-0.39, 0.29) is 0 Å². The highest BCUT2D eigenvalue weighted by molar-refractivity contribution is 7.80. The highest BCUT2D eigenvalue weighted by Crippen LogP contribution is 2.46. The second-order valence-corrected chi connectivity index (χ2v) is 7.95. The Kier molecular flexibility index (Phi) is 4.35. The topological polar surface area (TPSA) is 135 Å². The molecule has 136 valence electrons. The summed E-state index contributed by atoms with van der Waals surface area (Å²) in [5.41, 5.74) is 6.20. The summed E-state index contributed by atoms with van der Waals surface area (Å²) >= 11 is 1.26. The number of amides is 1. The molecule has 2 heterocycles. The molecule has 11 heteroatoms. The maximum atomic E-state index is 12.4. The van der Waals surface area contributed by atoms with Gasteiger partial charge in [0.25, 0.3) is 5.91 Å². The van der Waals surface area contributed by atoms with Crippen molar-refractivity contribution in [3.05, 3.63) is 29.9 Å². The minimum atomic E-state index is -4.77. The quantitative estimate of drug-likeness (QED) is 0.376. The van der Waals surface area contributed by atoms with E-state index < -0.39 is 27.9 Å². The normalized spacial score (nSPS) is 22.0. The van der Waals surface area contributed by atoms with Crippen molar-refractivity contribution in [2.24, 2.45) is 0 Å². The summed E-state index contributed by atoms with van der Waals surface area (Å²) in [4.78, 5) is 16.5. The number of aromatic nitrogens is 1. The summed E-state index contributed by atoms with van der Waals surface area (Å²) in [6.45, 7) is 7.79. The van der Waals surface area contributed by atoms with Crippen molar-refractivity contribution in [3.8, 4) is 0 Å². The summed E-state index contributed by atoms with van der Waals surface area (Å²) in [5, 5.41) is 5.88. The first-order valence-electron chi connectivity index (χ1n) is 7.51. The van der Waals surface area contributed by atoms with Crippen LogP contribution in [0, 0.1) is 0 Å². The van der Waals surface area contributed by atoms with Crippen LogP contribution in [0.5, 0.6) is 0 Å². The van der Waals surface area contributed by atoms with Crippen molar-refractivity contribution in [1.82, 2.24) is 15.4 Å². The predicted molar refractivity (Wildman–Crippen MR) is 92.3 cm³/mol. The van der Waals surface area contributed by atoms with Gasteiger partial charge in [0.05, 0.1) is 5.69 Å². The van der Waals surface area contributed by atoms with Gasteiger partial charge in [0.2, 0.25) is 0 Å². The molecule has 2 aliphatic rings. The number of hydroxylamine groups is 2. The molecule has 1 aliphatic carbocycles. The molecule has 1 aromatic rings. The fourth-order valence-electron chi connectivity index (χ4n) is 3.34. The van der Waals surface area contributed by atoms with Gasteiger partial charge in [-0.1, -0.05) is 26.0 Å². The molecule has 1 aliphatic heterocycles. The molecule has 1 spiro atoms. The van der Waals surface area contributed by atoms with Crippen molar-refractivity contribution >= 4 is 38.3 Å². The van der Waals surface area contributed by atoms with Gasteiger partial charge in [-0.2, -0.15) is 13.5 Å². The molecule has 4 N–H and O–H groups in total. The Labute approximate surface area is 149 Å². The number of β-lactam (4-membered cyclic amide) rings is 1. The lowest BCUT2D eigenvalue weighted by atomic mass is 9.79. The SMILES string of the molecule is C=C(NC1C(=O)N(OS(=O)(=O)O)C12CCCC2)C(=C)c1csc(N)n1. The number of carbonyl (C=O) groups excluding carboxylic acids is 1. The van der Waals surface area contributed by atoms with Gasteiger partial charge in [-0.15, -0.1) is 15.6 Å². The van der Waals surface area contributed by atoms with Crippen LogP contribution in [0.2, 0.25) is 0 Å². The van der Waals surface area contributed by atoms with Crippen LogP contribution in [0.4, 0.5) is 5.13 Å². The second-order valence-electron chi connectivity index (χ2n) is 6.05. The number of anilines is 1. The van der Waals surface area contributed by atoms with Crippen LogP contribution in [0.15, 0.2) is 24.2 Å². The molecule has 1 saturated carbocycles. The van der Waals surface area contributed by atoms with Crippen LogP contribution < -0.4 is 11.1 Å². The molecule has 0 aromatic carbocycles. The third kappa shape index (κ3) is 3.15. The first-order chi connectivity index (χ1) is 11.6. The number of nitrogens with zero attached hydrogens (tertiary/aromatic N) is 2. The second kappa shape index (κ2) is 6.09. The number of thiazole rings is 1. The number of nitrogen functional groups attached to an aromatic ring is 1. The Bertz CT molecular complexity index is 841. The van der Waals surface area contributed by atoms with Gasteiger partial charge in [0, 0.05) is 16.7 Å². The number of hydrogen-bond donors (Lipinski definition) is 3. The number of nitrogens with one attached hydrogen (secondary N) is 1. The van der Waals surface area contributed by atoms with E-state index in [9.17, 15) is 13.2 Å². The fourth-order valence-corrected chi connectivity index (χ4v) is 4.33. The Morgan fingerprint density at radius 2 is 2.12 bits per heavy atom. The maximum absolute atomic E-state index is 12.4. The lowest BCUT2D eigenvalue weighted by Crippen LogP contribution is -2.77. The van der Waals surface area contributed by atoms with E-state index >= 15 is 0 Å². The molecule has 25 heavy (non-hydrogen) atoms. The minimum Gasteiger partial charge on any atom is -0.375 e. The highest BCUT2D eigenvalue weighted by atomic mass is 32.3. The summed E-state index contributed by atoms with van der Waals surface area (Å²) in [5.74, 6) is -0.591. The minimum absolute atomic E-state index is 0.390. The number of hydrogen-bond acceptors (Lipinski definition) is 8. The summed E-state index contributed by atoms with van der Waals surface area (Å²) in [6.07, 6.45) is 2.73. The summed E-state index contributed by atoms with van der Waals surface area (Å²) in [6, 6.07) is -0.711. The average molecular weight is 386 g/mol. The first-order valence-corrected chi connectivity index (χ1v) is 9.76. The maximum Gasteiger partial charge on any atom is 0.418 e. The van der Waals surface area contributed by atoms with E-state index in [0.29, 0.717) is 34.9 Å². The number of allylic oxidation sites excluding steroid dienone is 1. The van der Waals surface area contributed by atoms with Crippen LogP contribution in [-0.2, 0) is 19.5 Å². The molecule has 1 saturated heterocycles. The molecule has 1 aromatic heterocycles. The van der Waals surface area contributed by atoms with Gasteiger partial charge in [-0.05, 0) is 12.8 Å². The zero-order chi connectivity index (χ0) is 18.4. The van der Waals surface area contributed by atoms with Gasteiger partial charge in [-0.3, -0.25) is 9.35 Å². The van der Waals surface area contributed by atoms with Crippen molar-refractivity contribution in [2.45, 2.75) is 37.3 Å². The molecule has 0 radical (unpaired) electrons. The average Bonchev–Trinajstić information content (AvgIpc) is 3.19. The van der Waals surface area contributed by atoms with Crippen LogP contribution in [0.3, 0.4) is 0 Å². The van der Waals surface area contributed by atoms with Gasteiger partial charge in [0.15, 0.2) is 5.13 Å². The third-order valence-corrected chi connectivity index (χ3v) is 5.55. The highest BCUT2D eigenvalue weighted by Gasteiger charge is 2.63. The molecule has 3 rings (SSSR count). The van der Waals surface area contributed by atoms with Gasteiger partial charge in [-0.25, -0.2) is 4.98 Å². The fraction of sp³-hybridized carbons (Fsp3) is 0.429. The zero-order valence-electron chi connectivity index (χ0n) is 13.3. The predicted octanol–water partition coefficient (Wildman–Crippen LogP) is 1.10. The van der Waals surface area contributed by atoms with Crippen molar-refractivity contribution in [3.63, 3.8) is 0 Å². The molecule has 2 fully saturated rings. The van der Waals surface area contributed by atoms with Crippen molar-refractivity contribution in [1.29, 1.82) is 0 Å². The Balaban J connectivity index is 1.76. The van der Waals surface area contributed by atoms with E-state index in [0.717, 1.165) is 17.9 Å². The van der Waals surface area contributed by atoms with E-state index in [1.165, 1.54) is 11.3 Å². The molecule has 0 bridgehead atoms. The lowest BCUT2D eigenvalue weighted by Gasteiger charge is -2.53. The largest absolute Gasteiger partial charge is 0.418 e. The van der Waals surface area contributed by atoms with Crippen LogP contribution in [-0.4, -0.2) is 40.5 Å². The summed E-state index contributed by atoms with van der Waals surface area (Å²) in [7, 11) is -4.77. The van der Waals surface area contributed by atoms with Gasteiger partial charge in [0.1, 0.15) is 11.6 Å². The molecule has 9 nitrogen and oxygen atoms in total. The smallest absolute Gasteiger partial charge is 0.375 e. The first kappa shape index (κ1) is 17.9. The lowest BCUT2D eigenvalue weighted by molar-refractivity contribution is -0.224. The Morgan fingerprint density at radius 3 is 2.64 bits per heavy atom. The Hall–Kier alpha value is -1.95. The Morgan fingerprint density at radius 1 is 1.48 bits per heavy atom.